The van der Waals surface area contributed by atoms with E-state index in [2.05, 4.69) is 20.4 Å². The molecule has 0 radical (unpaired) electrons. The summed E-state index contributed by atoms with van der Waals surface area (Å²) >= 11 is 0. The number of hydrogen-bond donors (Lipinski definition) is 1. The monoisotopic (exact) mass is 346 g/mol. The van der Waals surface area contributed by atoms with Gasteiger partial charge in [0.15, 0.2) is 5.65 Å². The molecular formula is C17H16F2N4O2. The van der Waals surface area contributed by atoms with E-state index in [0.29, 0.717) is 11.3 Å². The van der Waals surface area contributed by atoms with Crippen molar-refractivity contribution in [2.45, 2.75) is 20.3 Å². The Morgan fingerprint density at radius 1 is 1.24 bits per heavy atom. The number of hydroxylamine groups is 1. The molecule has 0 atom stereocenters. The molecule has 25 heavy (non-hydrogen) atoms. The summed E-state index contributed by atoms with van der Waals surface area (Å²) in [6.45, 7) is 3.89. The maximum absolute atomic E-state index is 13.5. The maximum Gasteiger partial charge on any atom is 0.280 e. The third kappa shape index (κ3) is 3.08. The van der Waals surface area contributed by atoms with Crippen molar-refractivity contribution in [2.75, 3.05) is 7.11 Å². The van der Waals surface area contributed by atoms with E-state index in [-0.39, 0.29) is 16.9 Å². The number of halogens is 2. The van der Waals surface area contributed by atoms with Gasteiger partial charge >= 0.3 is 0 Å². The predicted octanol–water partition coefficient (Wildman–Crippen LogP) is 3.24. The lowest BCUT2D eigenvalue weighted by Crippen LogP contribution is -2.21. The summed E-state index contributed by atoms with van der Waals surface area (Å²) in [7, 11) is 1.28. The lowest BCUT2D eigenvalue weighted by Gasteiger charge is -2.10. The standard InChI is InChI=1S/C17H16F2N4O2/c1-9-4-5-11(6-10(9)2)13-7-14(15(18)19)23-16(21-13)12(8-20-23)17(24)22-25-3/h4-8,15H,1-3H3,(H,22,24). The molecule has 1 N–H and O–H groups in total. The largest absolute Gasteiger partial charge is 0.280 e. The van der Waals surface area contributed by atoms with Gasteiger partial charge in [0.2, 0.25) is 0 Å². The Morgan fingerprint density at radius 3 is 2.64 bits per heavy atom. The van der Waals surface area contributed by atoms with Crippen molar-refractivity contribution >= 4 is 11.6 Å². The van der Waals surface area contributed by atoms with Crippen LogP contribution >= 0.6 is 0 Å². The quantitative estimate of drug-likeness (QED) is 0.737. The number of carbonyl (C=O) groups is 1. The summed E-state index contributed by atoms with van der Waals surface area (Å²) in [6, 6.07) is 6.86. The van der Waals surface area contributed by atoms with Crippen LogP contribution in [0.1, 0.15) is 33.6 Å². The lowest BCUT2D eigenvalue weighted by atomic mass is 10.0. The van der Waals surface area contributed by atoms with Gasteiger partial charge in [-0.2, -0.15) is 5.10 Å². The average Bonchev–Trinajstić information content (AvgIpc) is 3.00. The fraction of sp³-hybridized carbons (Fsp3) is 0.235. The first kappa shape index (κ1) is 17.0. The van der Waals surface area contributed by atoms with Gasteiger partial charge in [0.1, 0.15) is 11.3 Å². The third-order valence-electron chi connectivity index (χ3n) is 3.96. The van der Waals surface area contributed by atoms with E-state index in [0.717, 1.165) is 15.6 Å². The van der Waals surface area contributed by atoms with Crippen LogP contribution in [0, 0.1) is 13.8 Å². The van der Waals surface area contributed by atoms with E-state index >= 15 is 0 Å². The first-order valence-electron chi connectivity index (χ1n) is 7.50. The van der Waals surface area contributed by atoms with Crippen molar-refractivity contribution in [3.05, 3.63) is 52.8 Å². The molecule has 1 aromatic carbocycles. The van der Waals surface area contributed by atoms with E-state index < -0.39 is 12.3 Å². The lowest BCUT2D eigenvalue weighted by molar-refractivity contribution is 0.0539. The van der Waals surface area contributed by atoms with Gasteiger partial charge in [-0.25, -0.2) is 23.8 Å². The topological polar surface area (TPSA) is 68.5 Å². The molecule has 0 aliphatic carbocycles. The number of carbonyl (C=O) groups excluding carboxylic acids is 1. The first-order chi connectivity index (χ1) is 11.9. The second kappa shape index (κ2) is 6.56. The van der Waals surface area contributed by atoms with E-state index in [1.54, 1.807) is 0 Å². The summed E-state index contributed by atoms with van der Waals surface area (Å²) in [5, 5.41) is 3.87. The number of aryl methyl sites for hydroxylation is 2. The predicted molar refractivity (Wildman–Crippen MR) is 87.3 cm³/mol. The minimum Gasteiger partial charge on any atom is -0.277 e. The van der Waals surface area contributed by atoms with Gasteiger partial charge in [0.25, 0.3) is 12.3 Å². The molecule has 0 aliphatic rings. The van der Waals surface area contributed by atoms with Crippen LogP contribution in [0.25, 0.3) is 16.9 Å². The Kier molecular flexibility index (Phi) is 4.45. The molecule has 0 unspecified atom stereocenters. The van der Waals surface area contributed by atoms with Crippen LogP contribution in [-0.2, 0) is 4.84 Å². The van der Waals surface area contributed by atoms with E-state index in [4.69, 9.17) is 0 Å². The van der Waals surface area contributed by atoms with Crippen LogP contribution in [0.5, 0.6) is 0 Å². The Morgan fingerprint density at radius 2 is 2.00 bits per heavy atom. The van der Waals surface area contributed by atoms with Crippen LogP contribution in [0.15, 0.2) is 30.5 Å². The number of benzene rings is 1. The van der Waals surface area contributed by atoms with Gasteiger partial charge in [-0.15, -0.1) is 0 Å². The maximum atomic E-state index is 13.5. The zero-order valence-electron chi connectivity index (χ0n) is 13.9. The number of nitrogens with one attached hydrogen (secondary N) is 1. The van der Waals surface area contributed by atoms with Gasteiger partial charge in [-0.1, -0.05) is 12.1 Å². The minimum atomic E-state index is -2.77. The third-order valence-corrected chi connectivity index (χ3v) is 3.96. The highest BCUT2D eigenvalue weighted by atomic mass is 19.3. The van der Waals surface area contributed by atoms with Gasteiger partial charge in [-0.05, 0) is 37.1 Å². The number of amides is 1. The Balaban J connectivity index is 2.24. The van der Waals surface area contributed by atoms with E-state index in [9.17, 15) is 13.6 Å². The van der Waals surface area contributed by atoms with Gasteiger partial charge in [0, 0.05) is 5.56 Å². The summed E-state index contributed by atoms with van der Waals surface area (Å²) in [4.78, 5) is 21.0. The molecule has 0 bridgehead atoms. The highest BCUT2D eigenvalue weighted by molar-refractivity contribution is 5.99. The molecule has 2 aromatic heterocycles. The van der Waals surface area contributed by atoms with Crippen LogP contribution in [0.3, 0.4) is 0 Å². The Hall–Kier alpha value is -2.87. The summed E-state index contributed by atoms with van der Waals surface area (Å²) in [5.74, 6) is -0.609. The van der Waals surface area contributed by atoms with Gasteiger partial charge < -0.3 is 0 Å². The Bertz CT molecular complexity index is 953. The molecule has 1 amide bonds. The zero-order chi connectivity index (χ0) is 18.1. The molecule has 3 rings (SSSR count). The van der Waals surface area contributed by atoms with Gasteiger partial charge in [0.05, 0.1) is 19.0 Å². The van der Waals surface area contributed by atoms with Crippen LogP contribution in [-0.4, -0.2) is 27.6 Å². The van der Waals surface area contributed by atoms with Crippen LogP contribution < -0.4 is 5.48 Å². The summed E-state index contributed by atoms with van der Waals surface area (Å²) in [5.41, 5.74) is 5.04. The molecule has 130 valence electrons. The second-order valence-electron chi connectivity index (χ2n) is 5.59. The van der Waals surface area contributed by atoms with E-state index in [1.165, 1.54) is 19.4 Å². The van der Waals surface area contributed by atoms with Crippen molar-refractivity contribution in [2.24, 2.45) is 0 Å². The number of nitrogens with zero attached hydrogens (tertiary/aromatic N) is 3. The normalized spacial score (nSPS) is 11.3. The molecule has 2 heterocycles. The molecule has 0 saturated heterocycles. The molecular weight excluding hydrogens is 330 g/mol. The highest BCUT2D eigenvalue weighted by Crippen LogP contribution is 2.27. The number of aromatic nitrogens is 3. The Labute approximate surface area is 142 Å². The molecule has 3 aromatic rings. The molecule has 0 spiro atoms. The van der Waals surface area contributed by atoms with Crippen LogP contribution in [0.2, 0.25) is 0 Å². The summed E-state index contributed by atoms with van der Waals surface area (Å²) < 4.78 is 27.9. The van der Waals surface area contributed by atoms with E-state index in [1.807, 2.05) is 32.0 Å². The smallest absolute Gasteiger partial charge is 0.277 e. The molecule has 0 saturated carbocycles. The van der Waals surface area contributed by atoms with Crippen molar-refractivity contribution in [3.8, 4) is 11.3 Å². The first-order valence-corrected chi connectivity index (χ1v) is 7.50. The van der Waals surface area contributed by atoms with Gasteiger partial charge in [-0.3, -0.25) is 9.63 Å². The number of rotatable bonds is 4. The summed E-state index contributed by atoms with van der Waals surface area (Å²) in [6.07, 6.45) is -1.58. The fourth-order valence-corrected chi connectivity index (χ4v) is 2.50. The average molecular weight is 346 g/mol. The molecule has 0 aliphatic heterocycles. The number of fused-ring (bicyclic) bond motifs is 1. The SMILES string of the molecule is CONC(=O)c1cnn2c(C(F)F)cc(-c3ccc(C)c(C)c3)nc12. The fourth-order valence-electron chi connectivity index (χ4n) is 2.50. The highest BCUT2D eigenvalue weighted by Gasteiger charge is 2.21. The minimum absolute atomic E-state index is 0.0422. The zero-order valence-corrected chi connectivity index (χ0v) is 13.9. The van der Waals surface area contributed by atoms with Crippen molar-refractivity contribution < 1.29 is 18.4 Å². The van der Waals surface area contributed by atoms with Crippen LogP contribution in [0.4, 0.5) is 8.78 Å². The van der Waals surface area contributed by atoms with Crippen molar-refractivity contribution in [1.82, 2.24) is 20.1 Å². The number of hydrogen-bond acceptors (Lipinski definition) is 4. The molecule has 6 nitrogen and oxygen atoms in total. The second-order valence-corrected chi connectivity index (χ2v) is 5.59. The van der Waals surface area contributed by atoms with Crippen molar-refractivity contribution in [1.29, 1.82) is 0 Å². The molecule has 8 heteroatoms. The molecule has 0 fully saturated rings. The van der Waals surface area contributed by atoms with Crippen molar-refractivity contribution in [3.63, 3.8) is 0 Å². The number of alkyl halides is 2.